The van der Waals surface area contributed by atoms with Crippen LogP contribution < -0.4 is 15.4 Å². The summed E-state index contributed by atoms with van der Waals surface area (Å²) in [6, 6.07) is 14.7. The van der Waals surface area contributed by atoms with E-state index in [1.54, 1.807) is 26.8 Å². The molecule has 0 aliphatic heterocycles. The van der Waals surface area contributed by atoms with Crippen molar-refractivity contribution in [1.29, 1.82) is 0 Å². The number of aliphatic imine (C=N–C) groups is 1. The van der Waals surface area contributed by atoms with Crippen LogP contribution in [0.5, 0.6) is 5.75 Å². The van der Waals surface area contributed by atoms with Crippen LogP contribution in [-0.4, -0.2) is 41.4 Å². The first-order valence-corrected chi connectivity index (χ1v) is 9.66. The number of nitrogens with one attached hydrogen (secondary N) is 2. The fourth-order valence-corrected chi connectivity index (χ4v) is 3.09. The third-order valence-corrected chi connectivity index (χ3v) is 4.66. The van der Waals surface area contributed by atoms with Crippen LogP contribution >= 0.6 is 0 Å². The number of benzene rings is 2. The lowest BCUT2D eigenvalue weighted by atomic mass is 10.1. The van der Waals surface area contributed by atoms with Gasteiger partial charge in [0.25, 0.3) is 0 Å². The van der Waals surface area contributed by atoms with Crippen molar-refractivity contribution in [3.8, 4) is 5.75 Å². The van der Waals surface area contributed by atoms with Gasteiger partial charge < -0.3 is 15.4 Å². The second-order valence-corrected chi connectivity index (χ2v) is 6.82. The summed E-state index contributed by atoms with van der Waals surface area (Å²) < 4.78 is 7.21. The Balaban J connectivity index is 1.48. The Labute approximate surface area is 171 Å². The number of nitrogens with zero attached hydrogens (tertiary/aromatic N) is 4. The molecule has 0 amide bonds. The Bertz CT molecular complexity index is 936. The highest BCUT2D eigenvalue weighted by atomic mass is 16.5. The van der Waals surface area contributed by atoms with Gasteiger partial charge in [0.2, 0.25) is 0 Å². The minimum atomic E-state index is 0.698. The Morgan fingerprint density at radius 3 is 2.72 bits per heavy atom. The van der Waals surface area contributed by atoms with Crippen molar-refractivity contribution >= 4 is 5.96 Å². The maximum Gasteiger partial charge on any atom is 0.191 e. The number of rotatable bonds is 8. The molecule has 0 aliphatic rings. The largest absolute Gasteiger partial charge is 0.496 e. The van der Waals surface area contributed by atoms with E-state index in [9.17, 15) is 0 Å². The highest BCUT2D eigenvalue weighted by Crippen LogP contribution is 2.19. The zero-order valence-corrected chi connectivity index (χ0v) is 17.2. The van der Waals surface area contributed by atoms with E-state index in [2.05, 4.69) is 68.2 Å². The minimum Gasteiger partial charge on any atom is -0.496 e. The van der Waals surface area contributed by atoms with Gasteiger partial charge in [-0.1, -0.05) is 36.4 Å². The van der Waals surface area contributed by atoms with Gasteiger partial charge in [-0.15, -0.1) is 0 Å². The molecule has 7 heteroatoms. The second kappa shape index (κ2) is 10.3. The van der Waals surface area contributed by atoms with Crippen molar-refractivity contribution in [2.75, 3.05) is 20.7 Å². The first-order chi connectivity index (χ1) is 14.2. The number of guanidine groups is 1. The van der Waals surface area contributed by atoms with E-state index in [1.807, 2.05) is 11.6 Å². The summed E-state index contributed by atoms with van der Waals surface area (Å²) in [5.41, 5.74) is 4.75. The molecule has 1 heterocycles. The molecule has 2 N–H and O–H groups in total. The fraction of sp³-hybridized carbons (Fsp3) is 0.318. The quantitative estimate of drug-likeness (QED) is 0.455. The molecule has 7 nitrogen and oxygen atoms in total. The summed E-state index contributed by atoms with van der Waals surface area (Å²) in [6.07, 6.45) is 4.17. The molecule has 1 aromatic heterocycles. The molecule has 3 aromatic rings. The van der Waals surface area contributed by atoms with Crippen LogP contribution in [-0.2, 0) is 19.5 Å². The average molecular weight is 393 g/mol. The average Bonchev–Trinajstić information content (AvgIpc) is 3.25. The minimum absolute atomic E-state index is 0.698. The molecule has 0 saturated carbocycles. The maximum atomic E-state index is 5.40. The number of aromatic nitrogens is 3. The molecule has 152 valence electrons. The van der Waals surface area contributed by atoms with E-state index >= 15 is 0 Å². The summed E-state index contributed by atoms with van der Waals surface area (Å²) in [5.74, 6) is 1.71. The number of hydrogen-bond acceptors (Lipinski definition) is 4. The molecule has 0 spiro atoms. The van der Waals surface area contributed by atoms with Crippen LogP contribution in [0, 0.1) is 6.92 Å². The summed E-state index contributed by atoms with van der Waals surface area (Å²) in [6.45, 7) is 4.25. The Kier molecular flexibility index (Phi) is 7.22. The Morgan fingerprint density at radius 2 is 1.97 bits per heavy atom. The highest BCUT2D eigenvalue weighted by molar-refractivity contribution is 5.79. The van der Waals surface area contributed by atoms with Gasteiger partial charge in [-0.25, -0.2) is 9.67 Å². The summed E-state index contributed by atoms with van der Waals surface area (Å²) in [7, 11) is 3.49. The SMILES string of the molecule is CN=C(NCCc1ccc(C)c(OC)c1)NCc1cccc(Cn2cncn2)c1. The molecule has 0 atom stereocenters. The molecule has 0 unspecified atom stereocenters. The van der Waals surface area contributed by atoms with E-state index in [-0.39, 0.29) is 0 Å². The summed E-state index contributed by atoms with van der Waals surface area (Å²) in [5, 5.41) is 10.9. The predicted octanol–water partition coefficient (Wildman–Crippen LogP) is 2.55. The van der Waals surface area contributed by atoms with Gasteiger partial charge in [-0.05, 0) is 41.7 Å². The van der Waals surface area contributed by atoms with Gasteiger partial charge in [0, 0.05) is 20.1 Å². The molecular formula is C22H28N6O. The van der Waals surface area contributed by atoms with E-state index in [4.69, 9.17) is 4.74 Å². The second-order valence-electron chi connectivity index (χ2n) is 6.82. The van der Waals surface area contributed by atoms with Crippen molar-refractivity contribution in [3.63, 3.8) is 0 Å². The van der Waals surface area contributed by atoms with Gasteiger partial charge in [0.05, 0.1) is 13.7 Å². The molecule has 0 fully saturated rings. The maximum absolute atomic E-state index is 5.40. The van der Waals surface area contributed by atoms with Crippen LogP contribution in [0.25, 0.3) is 0 Å². The molecule has 29 heavy (non-hydrogen) atoms. The van der Waals surface area contributed by atoms with Gasteiger partial charge in [0.1, 0.15) is 18.4 Å². The predicted molar refractivity (Wildman–Crippen MR) is 115 cm³/mol. The van der Waals surface area contributed by atoms with Gasteiger partial charge >= 0.3 is 0 Å². The van der Waals surface area contributed by atoms with Crippen LogP contribution in [0.4, 0.5) is 0 Å². The first-order valence-electron chi connectivity index (χ1n) is 9.66. The van der Waals surface area contributed by atoms with Crippen LogP contribution in [0.3, 0.4) is 0 Å². The van der Waals surface area contributed by atoms with Crippen molar-refractivity contribution in [3.05, 3.63) is 77.4 Å². The lowest BCUT2D eigenvalue weighted by molar-refractivity contribution is 0.411. The van der Waals surface area contributed by atoms with Gasteiger partial charge in [-0.3, -0.25) is 4.99 Å². The molecule has 2 aromatic carbocycles. The zero-order valence-electron chi connectivity index (χ0n) is 17.2. The summed E-state index contributed by atoms with van der Waals surface area (Å²) >= 11 is 0. The highest BCUT2D eigenvalue weighted by Gasteiger charge is 2.03. The smallest absolute Gasteiger partial charge is 0.191 e. The van der Waals surface area contributed by atoms with Crippen molar-refractivity contribution in [1.82, 2.24) is 25.4 Å². The lowest BCUT2D eigenvalue weighted by Crippen LogP contribution is -2.37. The summed E-state index contributed by atoms with van der Waals surface area (Å²) in [4.78, 5) is 8.30. The van der Waals surface area contributed by atoms with E-state index in [0.29, 0.717) is 13.1 Å². The lowest BCUT2D eigenvalue weighted by Gasteiger charge is -2.13. The third-order valence-electron chi connectivity index (χ3n) is 4.66. The van der Waals surface area contributed by atoms with E-state index < -0.39 is 0 Å². The van der Waals surface area contributed by atoms with Crippen LogP contribution in [0.15, 0.2) is 60.1 Å². The monoisotopic (exact) mass is 392 g/mol. The first kappa shape index (κ1) is 20.4. The van der Waals surface area contributed by atoms with E-state index in [0.717, 1.165) is 30.2 Å². The molecular weight excluding hydrogens is 364 g/mol. The fourth-order valence-electron chi connectivity index (χ4n) is 3.09. The number of ether oxygens (including phenoxy) is 1. The van der Waals surface area contributed by atoms with Crippen molar-refractivity contribution in [2.24, 2.45) is 4.99 Å². The molecule has 0 saturated heterocycles. The van der Waals surface area contributed by atoms with E-state index in [1.165, 1.54) is 16.7 Å². The van der Waals surface area contributed by atoms with Crippen LogP contribution in [0.2, 0.25) is 0 Å². The number of hydrogen-bond donors (Lipinski definition) is 2. The zero-order chi connectivity index (χ0) is 20.5. The molecule has 0 bridgehead atoms. The van der Waals surface area contributed by atoms with Gasteiger partial charge in [0.15, 0.2) is 5.96 Å². The standard InChI is InChI=1S/C22H28N6O/c1-17-7-8-18(12-21(17)29-3)9-10-25-22(23-2)26-13-19-5-4-6-20(11-19)14-28-16-24-15-27-28/h4-8,11-12,15-16H,9-10,13-14H2,1-3H3,(H2,23,25,26). The molecule has 0 aliphatic carbocycles. The number of methoxy groups -OCH3 is 1. The normalized spacial score (nSPS) is 11.3. The topological polar surface area (TPSA) is 76.4 Å². The third kappa shape index (κ3) is 6.07. The number of aryl methyl sites for hydroxylation is 1. The van der Waals surface area contributed by atoms with Gasteiger partial charge in [-0.2, -0.15) is 5.10 Å². The van der Waals surface area contributed by atoms with Crippen molar-refractivity contribution in [2.45, 2.75) is 26.4 Å². The molecule has 3 rings (SSSR count). The van der Waals surface area contributed by atoms with Crippen molar-refractivity contribution < 1.29 is 4.74 Å². The Hall–Kier alpha value is -3.35. The van der Waals surface area contributed by atoms with Crippen LogP contribution in [0.1, 0.15) is 22.3 Å². The Morgan fingerprint density at radius 1 is 1.10 bits per heavy atom. The molecule has 0 radical (unpaired) electrons.